The van der Waals surface area contributed by atoms with Crippen molar-refractivity contribution in [2.75, 3.05) is 7.11 Å². The van der Waals surface area contributed by atoms with Crippen molar-refractivity contribution in [3.8, 4) is 34.5 Å². The maximum Gasteiger partial charge on any atom is 0.347 e. The molecule has 0 atom stereocenters. The number of phenols is 4. The fourth-order valence-corrected chi connectivity index (χ4v) is 3.55. The van der Waals surface area contributed by atoms with Gasteiger partial charge in [-0.2, -0.15) is 0 Å². The van der Waals surface area contributed by atoms with Crippen molar-refractivity contribution in [3.05, 3.63) is 69.8 Å². The van der Waals surface area contributed by atoms with Crippen molar-refractivity contribution < 1.29 is 49.0 Å². The van der Waals surface area contributed by atoms with Gasteiger partial charge >= 0.3 is 17.9 Å². The van der Waals surface area contributed by atoms with Crippen LogP contribution in [0.5, 0.6) is 34.5 Å². The molecule has 10 nitrogen and oxygen atoms in total. The minimum atomic E-state index is -0.963. The summed E-state index contributed by atoms with van der Waals surface area (Å²) in [5.41, 5.74) is 0.307. The average Bonchev–Trinajstić information content (AvgIpc) is 2.71. The van der Waals surface area contributed by atoms with Crippen LogP contribution in [0.3, 0.4) is 0 Å². The van der Waals surface area contributed by atoms with Crippen LogP contribution in [0, 0.1) is 20.8 Å². The fourth-order valence-electron chi connectivity index (χ4n) is 3.55. The van der Waals surface area contributed by atoms with Crippen LogP contribution in [0.15, 0.2) is 36.4 Å². The molecule has 0 spiro atoms. The average molecular weight is 482 g/mol. The van der Waals surface area contributed by atoms with Crippen LogP contribution >= 0.6 is 0 Å². The highest BCUT2D eigenvalue weighted by atomic mass is 16.5. The Balaban J connectivity index is 1.85. The number of carbonyl (C=O) groups excluding carboxylic acids is 3. The molecule has 0 radical (unpaired) electrons. The number of aryl methyl sites for hydroxylation is 3. The van der Waals surface area contributed by atoms with E-state index in [2.05, 4.69) is 4.74 Å². The third-order valence-electron chi connectivity index (χ3n) is 5.09. The first-order valence-corrected chi connectivity index (χ1v) is 10.1. The lowest BCUT2D eigenvalue weighted by atomic mass is 10.1. The topological polar surface area (TPSA) is 160 Å². The van der Waals surface area contributed by atoms with Crippen LogP contribution in [-0.4, -0.2) is 45.4 Å². The molecular weight excluding hydrogens is 460 g/mol. The van der Waals surface area contributed by atoms with E-state index in [1.54, 1.807) is 0 Å². The van der Waals surface area contributed by atoms with Gasteiger partial charge in [0.05, 0.1) is 7.11 Å². The normalized spacial score (nSPS) is 10.5. The van der Waals surface area contributed by atoms with E-state index in [-0.39, 0.29) is 45.1 Å². The quantitative estimate of drug-likeness (QED) is 0.312. The molecule has 0 aliphatic heterocycles. The highest BCUT2D eigenvalue weighted by Gasteiger charge is 2.23. The van der Waals surface area contributed by atoms with Crippen LogP contribution in [0.2, 0.25) is 0 Å². The zero-order valence-corrected chi connectivity index (χ0v) is 19.2. The highest BCUT2D eigenvalue weighted by molar-refractivity contribution is 5.98. The number of phenolic OH excluding ortho intramolecular Hbond substituents is 4. The number of benzene rings is 3. The molecule has 0 aliphatic rings. The molecule has 0 unspecified atom stereocenters. The highest BCUT2D eigenvalue weighted by Crippen LogP contribution is 2.33. The Morgan fingerprint density at radius 3 is 1.31 bits per heavy atom. The van der Waals surface area contributed by atoms with Crippen molar-refractivity contribution in [3.63, 3.8) is 0 Å². The molecular formula is C25H22O10. The molecule has 3 rings (SSSR count). The summed E-state index contributed by atoms with van der Waals surface area (Å²) in [4.78, 5) is 37.0. The maximum absolute atomic E-state index is 12.7. The Kier molecular flexibility index (Phi) is 6.86. The third-order valence-corrected chi connectivity index (χ3v) is 5.09. The van der Waals surface area contributed by atoms with Gasteiger partial charge in [-0.25, -0.2) is 14.4 Å². The van der Waals surface area contributed by atoms with Gasteiger partial charge in [0.1, 0.15) is 51.2 Å². The summed E-state index contributed by atoms with van der Waals surface area (Å²) >= 11 is 0. The van der Waals surface area contributed by atoms with E-state index in [9.17, 15) is 34.8 Å². The summed E-state index contributed by atoms with van der Waals surface area (Å²) in [6.07, 6.45) is 0. The largest absolute Gasteiger partial charge is 0.508 e. The summed E-state index contributed by atoms with van der Waals surface area (Å²) in [6, 6.07) is 7.00. The predicted octanol–water partition coefficient (Wildman–Crippen LogP) is 3.66. The molecule has 0 heterocycles. The predicted molar refractivity (Wildman–Crippen MR) is 121 cm³/mol. The van der Waals surface area contributed by atoms with Crippen molar-refractivity contribution in [2.24, 2.45) is 0 Å². The van der Waals surface area contributed by atoms with Crippen molar-refractivity contribution in [1.82, 2.24) is 0 Å². The van der Waals surface area contributed by atoms with Gasteiger partial charge in [0.25, 0.3) is 0 Å². The first-order chi connectivity index (χ1) is 16.4. The smallest absolute Gasteiger partial charge is 0.347 e. The summed E-state index contributed by atoms with van der Waals surface area (Å²) in [6.45, 7) is 4.48. The van der Waals surface area contributed by atoms with E-state index >= 15 is 0 Å². The molecule has 0 aromatic heterocycles. The van der Waals surface area contributed by atoms with Crippen LogP contribution < -0.4 is 9.47 Å². The summed E-state index contributed by atoms with van der Waals surface area (Å²) < 4.78 is 15.1. The molecule has 10 heteroatoms. The lowest BCUT2D eigenvalue weighted by molar-refractivity contribution is 0.0595. The first-order valence-electron chi connectivity index (χ1n) is 10.1. The Labute approximate surface area is 199 Å². The van der Waals surface area contributed by atoms with Gasteiger partial charge in [0, 0.05) is 18.2 Å². The zero-order chi connectivity index (χ0) is 26.0. The monoisotopic (exact) mass is 482 g/mol. The molecule has 3 aromatic rings. The van der Waals surface area contributed by atoms with Gasteiger partial charge in [-0.15, -0.1) is 0 Å². The minimum absolute atomic E-state index is 0.0765. The number of carbonyl (C=O) groups is 3. The van der Waals surface area contributed by atoms with Crippen LogP contribution in [-0.2, 0) is 4.74 Å². The zero-order valence-electron chi connectivity index (χ0n) is 19.2. The number of hydrogen-bond donors (Lipinski definition) is 4. The Bertz CT molecular complexity index is 1290. The van der Waals surface area contributed by atoms with Gasteiger partial charge in [-0.1, -0.05) is 0 Å². The number of methoxy groups -OCH3 is 1. The second-order valence-electron chi connectivity index (χ2n) is 7.70. The summed E-state index contributed by atoms with van der Waals surface area (Å²) in [5.74, 6) is -4.55. The third kappa shape index (κ3) is 5.11. The summed E-state index contributed by atoms with van der Waals surface area (Å²) in [5, 5.41) is 40.0. The SMILES string of the molecule is COC(=O)c1c(C)cc(OC(=O)c2c(C)cc(OC(=O)c3c(C)cc(O)cc3O)cc2O)cc1O. The standard InChI is InChI=1S/C25H22O10/c1-11-5-14(26)8-17(27)21(11)24(31)34-16-7-13(3)22(19(29)10-16)25(32)35-15-6-12(2)20(18(28)9-15)23(30)33-4/h5-10,26-29H,1-4H3. The van der Waals surface area contributed by atoms with E-state index in [4.69, 9.17) is 9.47 Å². The second-order valence-corrected chi connectivity index (χ2v) is 7.70. The fraction of sp³-hybridized carbons (Fsp3) is 0.160. The first kappa shape index (κ1) is 24.9. The van der Waals surface area contributed by atoms with E-state index in [0.717, 1.165) is 25.3 Å². The van der Waals surface area contributed by atoms with E-state index in [1.807, 2.05) is 0 Å². The lowest BCUT2D eigenvalue weighted by Gasteiger charge is -2.13. The molecule has 4 N–H and O–H groups in total. The number of aromatic hydroxyl groups is 4. The Hall–Kier alpha value is -4.73. The second kappa shape index (κ2) is 9.64. The van der Waals surface area contributed by atoms with Gasteiger partial charge < -0.3 is 34.6 Å². The molecule has 0 fully saturated rings. The van der Waals surface area contributed by atoms with E-state index in [1.165, 1.54) is 39.0 Å². The van der Waals surface area contributed by atoms with Gasteiger partial charge in [-0.05, 0) is 55.7 Å². The molecule has 0 aliphatic carbocycles. The maximum atomic E-state index is 12.7. The number of hydrogen-bond acceptors (Lipinski definition) is 10. The van der Waals surface area contributed by atoms with Crippen LogP contribution in [0.4, 0.5) is 0 Å². The Morgan fingerprint density at radius 2 is 0.943 bits per heavy atom. The Morgan fingerprint density at radius 1 is 0.571 bits per heavy atom. The van der Waals surface area contributed by atoms with Gasteiger partial charge in [-0.3, -0.25) is 0 Å². The molecule has 182 valence electrons. The number of esters is 3. The molecule has 0 bridgehead atoms. The molecule has 35 heavy (non-hydrogen) atoms. The van der Waals surface area contributed by atoms with E-state index < -0.39 is 35.2 Å². The van der Waals surface area contributed by atoms with Crippen molar-refractivity contribution in [1.29, 1.82) is 0 Å². The number of rotatable bonds is 5. The lowest BCUT2D eigenvalue weighted by Crippen LogP contribution is -2.13. The van der Waals surface area contributed by atoms with Crippen molar-refractivity contribution in [2.45, 2.75) is 20.8 Å². The van der Waals surface area contributed by atoms with Crippen molar-refractivity contribution >= 4 is 17.9 Å². The molecule has 0 saturated carbocycles. The minimum Gasteiger partial charge on any atom is -0.508 e. The van der Waals surface area contributed by atoms with E-state index in [0.29, 0.717) is 5.56 Å². The molecule has 3 aromatic carbocycles. The van der Waals surface area contributed by atoms with Gasteiger partial charge in [0.2, 0.25) is 0 Å². The summed E-state index contributed by atoms with van der Waals surface area (Å²) in [7, 11) is 1.16. The van der Waals surface area contributed by atoms with Crippen LogP contribution in [0.1, 0.15) is 47.8 Å². The van der Waals surface area contributed by atoms with Crippen LogP contribution in [0.25, 0.3) is 0 Å². The number of ether oxygens (including phenoxy) is 3. The van der Waals surface area contributed by atoms with Gasteiger partial charge in [0.15, 0.2) is 0 Å². The molecule has 0 saturated heterocycles. The molecule has 0 amide bonds.